The zero-order valence-electron chi connectivity index (χ0n) is 11.6. The molecule has 2 heterocycles. The third-order valence-corrected chi connectivity index (χ3v) is 3.82. The topological polar surface area (TPSA) is 67.0 Å². The summed E-state index contributed by atoms with van der Waals surface area (Å²) < 4.78 is 5.55. The fourth-order valence-electron chi connectivity index (χ4n) is 2.74. The van der Waals surface area contributed by atoms with Crippen molar-refractivity contribution in [3.8, 4) is 0 Å². The van der Waals surface area contributed by atoms with Gasteiger partial charge < -0.3 is 15.0 Å². The molecule has 0 aliphatic carbocycles. The van der Waals surface area contributed by atoms with E-state index >= 15 is 0 Å². The molecule has 5 heteroatoms. The van der Waals surface area contributed by atoms with Crippen LogP contribution in [0.1, 0.15) is 25.6 Å². The van der Waals surface area contributed by atoms with E-state index in [1.165, 1.54) is 0 Å². The van der Waals surface area contributed by atoms with Crippen LogP contribution < -0.4 is 5.32 Å². The van der Waals surface area contributed by atoms with Gasteiger partial charge in [-0.15, -0.1) is 0 Å². The molecule has 106 valence electrons. The molecule has 2 N–H and O–H groups in total. The quantitative estimate of drug-likeness (QED) is 0.895. The van der Waals surface area contributed by atoms with Gasteiger partial charge in [0.2, 0.25) is 5.91 Å². The Kier molecular flexibility index (Phi) is 3.69. The number of amides is 1. The third-order valence-electron chi connectivity index (χ3n) is 3.82. The first-order chi connectivity index (χ1) is 9.78. The molecule has 1 saturated heterocycles. The summed E-state index contributed by atoms with van der Waals surface area (Å²) in [6.45, 7) is 3.16. The van der Waals surface area contributed by atoms with E-state index in [0.29, 0.717) is 13.2 Å². The van der Waals surface area contributed by atoms with Gasteiger partial charge in [-0.25, -0.2) is 4.98 Å². The zero-order valence-corrected chi connectivity index (χ0v) is 11.6. The molecule has 0 radical (unpaired) electrons. The highest BCUT2D eigenvalue weighted by molar-refractivity contribution is 5.79. The van der Waals surface area contributed by atoms with Crippen molar-refractivity contribution in [3.63, 3.8) is 0 Å². The maximum atomic E-state index is 12.2. The molecule has 1 aliphatic rings. The monoisotopic (exact) mass is 273 g/mol. The third kappa shape index (κ3) is 2.54. The van der Waals surface area contributed by atoms with Crippen LogP contribution >= 0.6 is 0 Å². The van der Waals surface area contributed by atoms with Gasteiger partial charge >= 0.3 is 0 Å². The number of ether oxygens (including phenoxy) is 1. The first-order valence-electron chi connectivity index (χ1n) is 7.11. The smallest absolute Gasteiger partial charge is 0.226 e. The highest BCUT2D eigenvalue weighted by Gasteiger charge is 2.32. The van der Waals surface area contributed by atoms with Crippen LogP contribution in [0, 0.1) is 5.92 Å². The van der Waals surface area contributed by atoms with Crippen LogP contribution in [-0.4, -0.2) is 28.6 Å². The molecule has 1 aromatic heterocycles. The molecule has 2 aromatic rings. The molecule has 20 heavy (non-hydrogen) atoms. The van der Waals surface area contributed by atoms with Gasteiger partial charge in [-0.2, -0.15) is 0 Å². The summed E-state index contributed by atoms with van der Waals surface area (Å²) in [6, 6.07) is 7.85. The van der Waals surface area contributed by atoms with Crippen molar-refractivity contribution in [2.24, 2.45) is 5.92 Å². The van der Waals surface area contributed by atoms with Crippen molar-refractivity contribution in [1.82, 2.24) is 15.3 Å². The number of aromatic amines is 1. The lowest BCUT2D eigenvalue weighted by Gasteiger charge is -2.15. The van der Waals surface area contributed by atoms with Gasteiger partial charge in [0.15, 0.2) is 0 Å². The minimum Gasteiger partial charge on any atom is -0.377 e. The normalized spacial score (nSPS) is 22.2. The summed E-state index contributed by atoms with van der Waals surface area (Å²) in [5.41, 5.74) is 1.92. The van der Waals surface area contributed by atoms with Crippen molar-refractivity contribution in [3.05, 3.63) is 30.1 Å². The van der Waals surface area contributed by atoms with E-state index in [4.69, 9.17) is 4.74 Å². The van der Waals surface area contributed by atoms with Gasteiger partial charge in [-0.05, 0) is 25.0 Å². The number of hydrogen-bond acceptors (Lipinski definition) is 3. The minimum absolute atomic E-state index is 0.0237. The number of imidazole rings is 1. The molecular formula is C15H19N3O2. The lowest BCUT2D eigenvalue weighted by atomic mass is 9.99. The van der Waals surface area contributed by atoms with Gasteiger partial charge in [0.25, 0.3) is 0 Å². The van der Waals surface area contributed by atoms with Gasteiger partial charge in [0.05, 0.1) is 29.6 Å². The van der Waals surface area contributed by atoms with Gasteiger partial charge in [-0.1, -0.05) is 19.1 Å². The largest absolute Gasteiger partial charge is 0.377 e. The number of para-hydroxylation sites is 2. The number of aromatic nitrogens is 2. The van der Waals surface area contributed by atoms with Crippen LogP contribution in [0.25, 0.3) is 11.0 Å². The standard InChI is InChI=1S/C15H19N3O2/c1-2-13-10(7-8-20-13)15(19)16-9-14-17-11-5-3-4-6-12(11)18-14/h3-6,10,13H,2,7-9H2,1H3,(H,16,19)(H,17,18). The summed E-state index contributed by atoms with van der Waals surface area (Å²) in [5.74, 6) is 0.825. The summed E-state index contributed by atoms with van der Waals surface area (Å²) in [6.07, 6.45) is 1.75. The number of fused-ring (bicyclic) bond motifs is 1. The Labute approximate surface area is 117 Å². The Bertz CT molecular complexity index is 575. The summed E-state index contributed by atoms with van der Waals surface area (Å²) in [7, 11) is 0. The fourth-order valence-corrected chi connectivity index (χ4v) is 2.74. The van der Waals surface area contributed by atoms with Gasteiger partial charge in [-0.3, -0.25) is 4.79 Å². The molecule has 0 saturated carbocycles. The number of carbonyl (C=O) groups excluding carboxylic acids is 1. The average molecular weight is 273 g/mol. The molecule has 1 aliphatic heterocycles. The van der Waals surface area contributed by atoms with Crippen molar-refractivity contribution >= 4 is 16.9 Å². The average Bonchev–Trinajstić information content (AvgIpc) is 3.10. The maximum Gasteiger partial charge on any atom is 0.226 e. The summed E-state index contributed by atoms with van der Waals surface area (Å²) in [5, 5.41) is 2.95. The first kappa shape index (κ1) is 13.1. The van der Waals surface area contributed by atoms with Crippen LogP contribution in [0.5, 0.6) is 0 Å². The van der Waals surface area contributed by atoms with Crippen LogP contribution in [0.15, 0.2) is 24.3 Å². The molecular weight excluding hydrogens is 254 g/mol. The van der Waals surface area contributed by atoms with Crippen LogP contribution in [-0.2, 0) is 16.1 Å². The Morgan fingerprint density at radius 3 is 3.15 bits per heavy atom. The zero-order chi connectivity index (χ0) is 13.9. The van der Waals surface area contributed by atoms with Crippen LogP contribution in [0.4, 0.5) is 0 Å². The lowest BCUT2D eigenvalue weighted by Crippen LogP contribution is -2.34. The lowest BCUT2D eigenvalue weighted by molar-refractivity contribution is -0.126. The SMILES string of the molecule is CCC1OCCC1C(=O)NCc1nc2ccccc2[nH]1. The van der Waals surface area contributed by atoms with Gasteiger partial charge in [0, 0.05) is 6.61 Å². The highest BCUT2D eigenvalue weighted by atomic mass is 16.5. The van der Waals surface area contributed by atoms with E-state index in [0.717, 1.165) is 29.7 Å². The molecule has 3 rings (SSSR count). The molecule has 5 nitrogen and oxygen atoms in total. The number of nitrogens with one attached hydrogen (secondary N) is 2. The Morgan fingerprint density at radius 1 is 1.50 bits per heavy atom. The highest BCUT2D eigenvalue weighted by Crippen LogP contribution is 2.23. The molecule has 1 fully saturated rings. The predicted octanol–water partition coefficient (Wildman–Crippen LogP) is 1.99. The number of nitrogens with zero attached hydrogens (tertiary/aromatic N) is 1. The van der Waals surface area contributed by atoms with Crippen molar-refractivity contribution in [1.29, 1.82) is 0 Å². The molecule has 2 unspecified atom stereocenters. The second kappa shape index (κ2) is 5.63. The van der Waals surface area contributed by atoms with Crippen molar-refractivity contribution in [2.75, 3.05) is 6.61 Å². The van der Waals surface area contributed by atoms with E-state index in [1.807, 2.05) is 24.3 Å². The molecule has 2 atom stereocenters. The van der Waals surface area contributed by atoms with E-state index < -0.39 is 0 Å². The van der Waals surface area contributed by atoms with E-state index in [2.05, 4.69) is 22.2 Å². The second-order valence-corrected chi connectivity index (χ2v) is 5.13. The van der Waals surface area contributed by atoms with E-state index in [1.54, 1.807) is 0 Å². The molecule has 0 spiro atoms. The molecule has 0 bridgehead atoms. The fraction of sp³-hybridized carbons (Fsp3) is 0.467. The minimum atomic E-state index is -0.0237. The van der Waals surface area contributed by atoms with Gasteiger partial charge in [0.1, 0.15) is 5.82 Å². The molecule has 1 amide bonds. The number of rotatable bonds is 4. The summed E-state index contributed by atoms with van der Waals surface area (Å²) >= 11 is 0. The van der Waals surface area contributed by atoms with Crippen molar-refractivity contribution in [2.45, 2.75) is 32.4 Å². The number of hydrogen-bond donors (Lipinski definition) is 2. The predicted molar refractivity (Wildman–Crippen MR) is 76.1 cm³/mol. The Balaban J connectivity index is 1.62. The number of benzene rings is 1. The van der Waals surface area contributed by atoms with Crippen LogP contribution in [0.3, 0.4) is 0 Å². The maximum absolute atomic E-state index is 12.2. The van der Waals surface area contributed by atoms with E-state index in [-0.39, 0.29) is 17.9 Å². The second-order valence-electron chi connectivity index (χ2n) is 5.13. The number of H-pyrrole nitrogens is 1. The van der Waals surface area contributed by atoms with E-state index in [9.17, 15) is 4.79 Å². The number of carbonyl (C=O) groups is 1. The molecule has 1 aromatic carbocycles. The van der Waals surface area contributed by atoms with Crippen molar-refractivity contribution < 1.29 is 9.53 Å². The first-order valence-corrected chi connectivity index (χ1v) is 7.11. The Hall–Kier alpha value is -1.88. The Morgan fingerprint density at radius 2 is 2.35 bits per heavy atom. The van der Waals surface area contributed by atoms with Crippen LogP contribution in [0.2, 0.25) is 0 Å². The summed E-state index contributed by atoms with van der Waals surface area (Å²) in [4.78, 5) is 19.8.